The van der Waals surface area contributed by atoms with Gasteiger partial charge in [0, 0.05) is 11.3 Å². The summed E-state index contributed by atoms with van der Waals surface area (Å²) in [5, 5.41) is 28.7. The van der Waals surface area contributed by atoms with Gasteiger partial charge in [-0.2, -0.15) is 4.98 Å². The molecule has 4 heterocycles. The Morgan fingerprint density at radius 3 is 2.79 bits per heavy atom. The lowest BCUT2D eigenvalue weighted by Crippen LogP contribution is -2.32. The molecule has 3 aromatic heterocycles. The molecule has 29 heavy (non-hydrogen) atoms. The number of anilines is 1. The van der Waals surface area contributed by atoms with Crippen LogP contribution < -0.4 is 17.0 Å². The van der Waals surface area contributed by atoms with E-state index in [4.69, 9.17) is 15.6 Å². The van der Waals surface area contributed by atoms with Gasteiger partial charge in [-0.25, -0.2) is 14.2 Å². The molecule has 0 aliphatic carbocycles. The van der Waals surface area contributed by atoms with Gasteiger partial charge in [0.25, 0.3) is 5.56 Å². The van der Waals surface area contributed by atoms with Crippen molar-refractivity contribution in [3.63, 3.8) is 0 Å². The molecule has 0 saturated carbocycles. The SMILES string of the molecule is Nc1nc2c(c(=O)[nH]1)n(Cc1ccc(C(=O)O)s1)c(=O)n2[C@@H]1O[C@H](CO)C[C@H]1O. The van der Waals surface area contributed by atoms with Gasteiger partial charge < -0.3 is 25.8 Å². The molecule has 12 nitrogen and oxygen atoms in total. The molecule has 4 rings (SSSR count). The van der Waals surface area contributed by atoms with E-state index < -0.39 is 35.7 Å². The van der Waals surface area contributed by atoms with Crippen LogP contribution in [0.2, 0.25) is 0 Å². The Morgan fingerprint density at radius 1 is 1.41 bits per heavy atom. The molecule has 0 bridgehead atoms. The van der Waals surface area contributed by atoms with Crippen molar-refractivity contribution < 1.29 is 24.9 Å². The molecule has 0 amide bonds. The van der Waals surface area contributed by atoms with Gasteiger partial charge in [0.05, 0.1) is 19.3 Å². The number of hydrogen-bond donors (Lipinski definition) is 5. The fourth-order valence-electron chi connectivity index (χ4n) is 3.39. The number of carboxylic acid groups (broad SMARTS) is 1. The molecular formula is C16H17N5O7S. The number of nitrogens with zero attached hydrogens (tertiary/aromatic N) is 3. The fourth-order valence-corrected chi connectivity index (χ4v) is 4.22. The summed E-state index contributed by atoms with van der Waals surface area (Å²) in [6.45, 7) is -0.425. The lowest BCUT2D eigenvalue weighted by atomic mass is 10.2. The van der Waals surface area contributed by atoms with E-state index in [1.807, 2.05) is 0 Å². The van der Waals surface area contributed by atoms with E-state index in [9.17, 15) is 24.6 Å². The average Bonchev–Trinajstić information content (AvgIpc) is 3.33. The van der Waals surface area contributed by atoms with Crippen LogP contribution >= 0.6 is 11.3 Å². The van der Waals surface area contributed by atoms with Gasteiger partial charge >= 0.3 is 11.7 Å². The Labute approximate surface area is 165 Å². The van der Waals surface area contributed by atoms with Crippen LogP contribution in [0.4, 0.5) is 5.95 Å². The van der Waals surface area contributed by atoms with E-state index in [2.05, 4.69) is 9.97 Å². The van der Waals surface area contributed by atoms with Gasteiger partial charge in [-0.15, -0.1) is 11.3 Å². The zero-order valence-corrected chi connectivity index (χ0v) is 15.6. The van der Waals surface area contributed by atoms with Crippen molar-refractivity contribution in [2.45, 2.75) is 31.4 Å². The second-order valence-corrected chi connectivity index (χ2v) is 7.74. The first-order chi connectivity index (χ1) is 13.8. The van der Waals surface area contributed by atoms with Crippen molar-refractivity contribution in [2.24, 2.45) is 0 Å². The number of aromatic nitrogens is 4. The van der Waals surface area contributed by atoms with E-state index in [-0.39, 0.29) is 41.6 Å². The minimum Gasteiger partial charge on any atom is -0.477 e. The van der Waals surface area contributed by atoms with E-state index in [1.165, 1.54) is 6.07 Å². The number of H-pyrrole nitrogens is 1. The predicted molar refractivity (Wildman–Crippen MR) is 101 cm³/mol. The van der Waals surface area contributed by atoms with Crippen molar-refractivity contribution in [3.05, 3.63) is 42.7 Å². The zero-order valence-electron chi connectivity index (χ0n) is 14.8. The number of aromatic amines is 1. The summed E-state index contributed by atoms with van der Waals surface area (Å²) >= 11 is 0.969. The highest BCUT2D eigenvalue weighted by molar-refractivity contribution is 7.13. The Hall–Kier alpha value is -3.00. The number of nitrogens with two attached hydrogens (primary N) is 1. The van der Waals surface area contributed by atoms with Crippen LogP contribution in [-0.4, -0.2) is 59.2 Å². The highest BCUT2D eigenvalue weighted by atomic mass is 32.1. The average molecular weight is 423 g/mol. The molecule has 3 aromatic rings. The van der Waals surface area contributed by atoms with Crippen molar-refractivity contribution >= 4 is 34.4 Å². The van der Waals surface area contributed by atoms with E-state index in [0.717, 1.165) is 20.5 Å². The molecule has 0 unspecified atom stereocenters. The number of nitrogens with one attached hydrogen (secondary N) is 1. The summed E-state index contributed by atoms with van der Waals surface area (Å²) in [7, 11) is 0. The number of aliphatic hydroxyl groups is 2. The third-order valence-electron chi connectivity index (χ3n) is 4.64. The summed E-state index contributed by atoms with van der Waals surface area (Å²) < 4.78 is 7.72. The molecule has 1 aliphatic rings. The minimum atomic E-state index is -1.16. The number of thiophene rings is 1. The van der Waals surface area contributed by atoms with Crippen LogP contribution in [0.1, 0.15) is 27.2 Å². The Morgan fingerprint density at radius 2 is 2.17 bits per heavy atom. The highest BCUT2D eigenvalue weighted by Crippen LogP contribution is 2.30. The third-order valence-corrected chi connectivity index (χ3v) is 5.70. The molecule has 6 N–H and O–H groups in total. The predicted octanol–water partition coefficient (Wildman–Crippen LogP) is -1.08. The molecule has 0 aromatic carbocycles. The summed E-state index contributed by atoms with van der Waals surface area (Å²) in [5.41, 5.74) is 4.12. The number of hydrogen-bond acceptors (Lipinski definition) is 9. The van der Waals surface area contributed by atoms with Gasteiger partial charge in [-0.1, -0.05) is 0 Å². The van der Waals surface area contributed by atoms with Gasteiger partial charge in [0.2, 0.25) is 5.95 Å². The van der Waals surface area contributed by atoms with Crippen molar-refractivity contribution in [1.82, 2.24) is 19.1 Å². The molecule has 1 aliphatic heterocycles. The number of carboxylic acids is 1. The number of carbonyl (C=O) groups is 1. The second kappa shape index (κ2) is 7.11. The van der Waals surface area contributed by atoms with Crippen LogP contribution in [0.3, 0.4) is 0 Å². The largest absolute Gasteiger partial charge is 0.477 e. The van der Waals surface area contributed by atoms with Crippen molar-refractivity contribution in [2.75, 3.05) is 12.3 Å². The van der Waals surface area contributed by atoms with Crippen LogP contribution in [0, 0.1) is 0 Å². The lowest BCUT2D eigenvalue weighted by Gasteiger charge is -2.15. The van der Waals surface area contributed by atoms with Crippen LogP contribution in [-0.2, 0) is 11.3 Å². The van der Waals surface area contributed by atoms with Crippen LogP contribution in [0.15, 0.2) is 21.7 Å². The van der Waals surface area contributed by atoms with Crippen molar-refractivity contribution in [1.29, 1.82) is 0 Å². The summed E-state index contributed by atoms with van der Waals surface area (Å²) in [6.07, 6.45) is -2.83. The maximum atomic E-state index is 13.2. The first kappa shape index (κ1) is 19.3. The van der Waals surface area contributed by atoms with E-state index in [1.54, 1.807) is 6.07 Å². The molecule has 13 heteroatoms. The molecule has 0 spiro atoms. The van der Waals surface area contributed by atoms with E-state index in [0.29, 0.717) is 4.88 Å². The standard InChI is InChI=1S/C16H17N5O7S/c17-15-18-11-10(12(24)19-15)20(4-7-1-2-9(29-7)14(25)26)16(27)21(11)13-8(23)3-6(5-22)28-13/h1-2,6,8,13,22-23H,3-5H2,(H,25,26)(H3,17,18,19,24)/t6-,8+,13+/m0/s1. The number of aliphatic hydroxyl groups excluding tert-OH is 2. The van der Waals surface area contributed by atoms with Gasteiger partial charge in [-0.05, 0) is 12.1 Å². The van der Waals surface area contributed by atoms with Crippen molar-refractivity contribution in [3.8, 4) is 0 Å². The normalized spacial score (nSPS) is 21.8. The molecule has 1 fully saturated rings. The summed E-state index contributed by atoms with van der Waals surface area (Å²) in [4.78, 5) is 43.8. The second-order valence-electron chi connectivity index (χ2n) is 6.57. The molecule has 3 atom stereocenters. The van der Waals surface area contributed by atoms with Crippen LogP contribution in [0.5, 0.6) is 0 Å². The summed E-state index contributed by atoms with van der Waals surface area (Å²) in [6, 6.07) is 2.95. The fraction of sp³-hybridized carbons (Fsp3) is 0.375. The maximum Gasteiger partial charge on any atom is 0.345 e. The topological polar surface area (TPSA) is 186 Å². The van der Waals surface area contributed by atoms with Gasteiger partial charge in [-0.3, -0.25) is 14.3 Å². The minimum absolute atomic E-state index is 0.0751. The quantitative estimate of drug-likeness (QED) is 0.340. The smallest absolute Gasteiger partial charge is 0.345 e. The number of fused-ring (bicyclic) bond motifs is 1. The number of rotatable bonds is 5. The third kappa shape index (κ3) is 3.23. The maximum absolute atomic E-state index is 13.2. The first-order valence-electron chi connectivity index (χ1n) is 8.57. The van der Waals surface area contributed by atoms with E-state index >= 15 is 0 Å². The van der Waals surface area contributed by atoms with Crippen LogP contribution in [0.25, 0.3) is 11.2 Å². The number of ether oxygens (including phenoxy) is 1. The van der Waals surface area contributed by atoms with Gasteiger partial charge in [0.15, 0.2) is 17.4 Å². The van der Waals surface area contributed by atoms with Gasteiger partial charge in [0.1, 0.15) is 11.0 Å². The number of aromatic carboxylic acids is 1. The summed E-state index contributed by atoms with van der Waals surface area (Å²) in [5.74, 6) is -1.32. The molecular weight excluding hydrogens is 406 g/mol. The lowest BCUT2D eigenvalue weighted by molar-refractivity contribution is -0.0505. The molecule has 154 valence electrons. The molecule has 0 radical (unpaired) electrons. The zero-order chi connectivity index (χ0) is 20.9. The Bertz CT molecular complexity index is 1210. The monoisotopic (exact) mass is 423 g/mol. The number of nitrogen functional groups attached to an aromatic ring is 1. The highest BCUT2D eigenvalue weighted by Gasteiger charge is 2.38. The first-order valence-corrected chi connectivity index (χ1v) is 9.38. The molecule has 1 saturated heterocycles. The number of imidazole rings is 1. The Balaban J connectivity index is 1.89. The Kier molecular flexibility index (Phi) is 4.74.